The zero-order valence-electron chi connectivity index (χ0n) is 10.3. The van der Waals surface area contributed by atoms with E-state index >= 15 is 0 Å². The SMILES string of the molecule is O=[N+]([O-])c1cccc2oc(NC3CCNCC3)nc12. The Bertz CT molecular complexity index is 604. The molecule has 1 aromatic heterocycles. The van der Waals surface area contributed by atoms with Crippen LogP contribution in [0.15, 0.2) is 22.6 Å². The molecule has 0 spiro atoms. The van der Waals surface area contributed by atoms with Gasteiger partial charge in [0.1, 0.15) is 0 Å². The quantitative estimate of drug-likeness (QED) is 0.648. The van der Waals surface area contributed by atoms with Gasteiger partial charge in [-0.1, -0.05) is 6.07 Å². The number of aromatic nitrogens is 1. The Labute approximate surface area is 109 Å². The zero-order valence-corrected chi connectivity index (χ0v) is 10.3. The molecule has 0 saturated carbocycles. The lowest BCUT2D eigenvalue weighted by molar-refractivity contribution is -0.383. The van der Waals surface area contributed by atoms with E-state index in [-0.39, 0.29) is 5.69 Å². The lowest BCUT2D eigenvalue weighted by atomic mass is 10.1. The van der Waals surface area contributed by atoms with Crippen LogP contribution in [0.25, 0.3) is 11.1 Å². The van der Waals surface area contributed by atoms with Gasteiger partial charge in [-0.2, -0.15) is 4.98 Å². The number of piperidine rings is 1. The molecule has 100 valence electrons. The topological polar surface area (TPSA) is 93.2 Å². The number of benzene rings is 1. The Morgan fingerprint density at radius 1 is 1.42 bits per heavy atom. The molecule has 2 heterocycles. The molecular weight excluding hydrogens is 248 g/mol. The number of hydrogen-bond acceptors (Lipinski definition) is 6. The number of oxazole rings is 1. The fraction of sp³-hybridized carbons (Fsp3) is 0.417. The molecule has 2 aromatic rings. The number of anilines is 1. The van der Waals surface area contributed by atoms with Crippen molar-refractivity contribution in [2.45, 2.75) is 18.9 Å². The second-order valence-electron chi connectivity index (χ2n) is 4.57. The van der Waals surface area contributed by atoms with E-state index in [0.29, 0.717) is 23.2 Å². The van der Waals surface area contributed by atoms with Crippen molar-refractivity contribution in [1.82, 2.24) is 10.3 Å². The Balaban J connectivity index is 1.88. The summed E-state index contributed by atoms with van der Waals surface area (Å²) in [5, 5.41) is 17.4. The van der Waals surface area contributed by atoms with Crippen molar-refractivity contribution in [2.24, 2.45) is 0 Å². The van der Waals surface area contributed by atoms with Crippen LogP contribution in [0.3, 0.4) is 0 Å². The van der Waals surface area contributed by atoms with E-state index < -0.39 is 4.92 Å². The third-order valence-electron chi connectivity index (χ3n) is 3.26. The van der Waals surface area contributed by atoms with Crippen LogP contribution in [0, 0.1) is 10.1 Å². The van der Waals surface area contributed by atoms with Gasteiger partial charge in [0, 0.05) is 12.1 Å². The van der Waals surface area contributed by atoms with E-state index in [2.05, 4.69) is 15.6 Å². The van der Waals surface area contributed by atoms with Gasteiger partial charge >= 0.3 is 0 Å². The summed E-state index contributed by atoms with van der Waals surface area (Å²) in [6.07, 6.45) is 1.97. The maximum Gasteiger partial charge on any atom is 0.298 e. The molecule has 2 N–H and O–H groups in total. The number of hydrogen-bond donors (Lipinski definition) is 2. The van der Waals surface area contributed by atoms with Crippen LogP contribution < -0.4 is 10.6 Å². The molecule has 1 saturated heterocycles. The molecule has 0 atom stereocenters. The molecule has 1 aromatic carbocycles. The lowest BCUT2D eigenvalue weighted by Gasteiger charge is -2.22. The van der Waals surface area contributed by atoms with Crippen molar-refractivity contribution in [3.8, 4) is 0 Å². The van der Waals surface area contributed by atoms with Crippen molar-refractivity contribution in [3.63, 3.8) is 0 Å². The number of nitrogens with zero attached hydrogens (tertiary/aromatic N) is 2. The molecule has 0 bridgehead atoms. The van der Waals surface area contributed by atoms with Crippen molar-refractivity contribution in [1.29, 1.82) is 0 Å². The Morgan fingerprint density at radius 3 is 2.95 bits per heavy atom. The molecule has 19 heavy (non-hydrogen) atoms. The van der Waals surface area contributed by atoms with Crippen LogP contribution in [0.5, 0.6) is 0 Å². The maximum absolute atomic E-state index is 10.9. The van der Waals surface area contributed by atoms with Crippen molar-refractivity contribution in [3.05, 3.63) is 28.3 Å². The van der Waals surface area contributed by atoms with Gasteiger partial charge in [0.05, 0.1) is 4.92 Å². The minimum absolute atomic E-state index is 0.0281. The van der Waals surface area contributed by atoms with E-state index in [9.17, 15) is 10.1 Å². The Morgan fingerprint density at radius 2 is 2.21 bits per heavy atom. The predicted octanol–water partition coefficient (Wildman–Crippen LogP) is 1.90. The number of nitro benzene ring substituents is 1. The summed E-state index contributed by atoms with van der Waals surface area (Å²) in [5.41, 5.74) is 0.703. The number of nitro groups is 1. The standard InChI is InChI=1S/C12H14N4O3/c17-16(18)9-2-1-3-10-11(9)15-12(19-10)14-8-4-6-13-7-5-8/h1-3,8,13H,4-7H2,(H,14,15). The van der Waals surface area contributed by atoms with Crippen molar-refractivity contribution in [2.75, 3.05) is 18.4 Å². The maximum atomic E-state index is 10.9. The summed E-state index contributed by atoms with van der Waals surface area (Å²) in [5.74, 6) is 0. The first-order chi connectivity index (χ1) is 9.24. The molecule has 0 unspecified atom stereocenters. The molecule has 1 aliphatic rings. The Kier molecular flexibility index (Phi) is 3.04. The highest BCUT2D eigenvalue weighted by Gasteiger charge is 2.19. The van der Waals surface area contributed by atoms with Crippen LogP contribution >= 0.6 is 0 Å². The third kappa shape index (κ3) is 2.37. The summed E-state index contributed by atoms with van der Waals surface area (Å²) in [6.45, 7) is 1.91. The fourth-order valence-electron chi connectivity index (χ4n) is 2.28. The molecule has 3 rings (SSSR count). The first-order valence-corrected chi connectivity index (χ1v) is 6.25. The van der Waals surface area contributed by atoms with Gasteiger partial charge in [-0.25, -0.2) is 0 Å². The molecule has 0 aliphatic carbocycles. The van der Waals surface area contributed by atoms with Gasteiger partial charge in [0.15, 0.2) is 11.1 Å². The summed E-state index contributed by atoms with van der Waals surface area (Å²) in [6, 6.07) is 5.37. The summed E-state index contributed by atoms with van der Waals surface area (Å²) in [7, 11) is 0. The highest BCUT2D eigenvalue weighted by Crippen LogP contribution is 2.27. The minimum atomic E-state index is -0.445. The van der Waals surface area contributed by atoms with Gasteiger partial charge in [0.25, 0.3) is 11.7 Å². The molecule has 0 amide bonds. The lowest BCUT2D eigenvalue weighted by Crippen LogP contribution is -2.35. The highest BCUT2D eigenvalue weighted by atomic mass is 16.6. The molecule has 1 fully saturated rings. The first-order valence-electron chi connectivity index (χ1n) is 6.25. The Hall–Kier alpha value is -2.15. The monoisotopic (exact) mass is 262 g/mol. The van der Waals surface area contributed by atoms with E-state index in [0.717, 1.165) is 25.9 Å². The zero-order chi connectivity index (χ0) is 13.2. The molecule has 7 nitrogen and oxygen atoms in total. The number of rotatable bonds is 3. The smallest absolute Gasteiger partial charge is 0.298 e. The van der Waals surface area contributed by atoms with E-state index in [1.165, 1.54) is 6.07 Å². The highest BCUT2D eigenvalue weighted by molar-refractivity contribution is 5.84. The van der Waals surface area contributed by atoms with E-state index in [1.54, 1.807) is 12.1 Å². The van der Waals surface area contributed by atoms with Crippen molar-refractivity contribution >= 4 is 22.8 Å². The van der Waals surface area contributed by atoms with Gasteiger partial charge in [-0.3, -0.25) is 10.1 Å². The van der Waals surface area contributed by atoms with Crippen LogP contribution in [0.1, 0.15) is 12.8 Å². The third-order valence-corrected chi connectivity index (χ3v) is 3.26. The van der Waals surface area contributed by atoms with Crippen LogP contribution in [-0.4, -0.2) is 29.0 Å². The van der Waals surface area contributed by atoms with Crippen LogP contribution in [0.4, 0.5) is 11.7 Å². The minimum Gasteiger partial charge on any atom is -0.423 e. The molecule has 1 aliphatic heterocycles. The molecular formula is C12H14N4O3. The molecule has 7 heteroatoms. The number of nitrogens with one attached hydrogen (secondary N) is 2. The summed E-state index contributed by atoms with van der Waals surface area (Å²) in [4.78, 5) is 14.7. The number of non-ortho nitro benzene ring substituents is 1. The largest absolute Gasteiger partial charge is 0.423 e. The number of fused-ring (bicyclic) bond motifs is 1. The fourth-order valence-corrected chi connectivity index (χ4v) is 2.28. The molecule has 0 radical (unpaired) electrons. The normalized spacial score (nSPS) is 16.6. The van der Waals surface area contributed by atoms with Gasteiger partial charge in [-0.15, -0.1) is 0 Å². The number of para-hydroxylation sites is 1. The van der Waals surface area contributed by atoms with Gasteiger partial charge in [-0.05, 0) is 32.0 Å². The van der Waals surface area contributed by atoms with Crippen LogP contribution in [0.2, 0.25) is 0 Å². The van der Waals surface area contributed by atoms with Crippen LogP contribution in [-0.2, 0) is 0 Å². The average molecular weight is 262 g/mol. The second-order valence-corrected chi connectivity index (χ2v) is 4.57. The summed E-state index contributed by atoms with van der Waals surface area (Å²) < 4.78 is 5.51. The van der Waals surface area contributed by atoms with E-state index in [1.807, 2.05) is 0 Å². The average Bonchev–Trinajstić information content (AvgIpc) is 2.81. The van der Waals surface area contributed by atoms with Gasteiger partial charge < -0.3 is 15.1 Å². The first kappa shape index (κ1) is 11.9. The predicted molar refractivity (Wildman–Crippen MR) is 70.2 cm³/mol. The van der Waals surface area contributed by atoms with Gasteiger partial charge in [0.2, 0.25) is 0 Å². The van der Waals surface area contributed by atoms with E-state index in [4.69, 9.17) is 4.42 Å². The second kappa shape index (κ2) is 4.85. The summed E-state index contributed by atoms with van der Waals surface area (Å²) >= 11 is 0. The van der Waals surface area contributed by atoms with Crippen molar-refractivity contribution < 1.29 is 9.34 Å².